The van der Waals surface area contributed by atoms with E-state index in [-0.39, 0.29) is 12.5 Å². The summed E-state index contributed by atoms with van der Waals surface area (Å²) in [5.74, 6) is 6.64. The van der Waals surface area contributed by atoms with Gasteiger partial charge in [0, 0.05) is 5.69 Å². The lowest BCUT2D eigenvalue weighted by Crippen LogP contribution is -2.20. The molecular formula is C19H23N3O4. The number of amides is 1. The van der Waals surface area contributed by atoms with E-state index in [4.69, 9.17) is 20.1 Å². The first-order valence-corrected chi connectivity index (χ1v) is 8.31. The number of carbonyl (C=O) groups is 1. The Morgan fingerprint density at radius 1 is 1.04 bits per heavy atom. The van der Waals surface area contributed by atoms with Gasteiger partial charge in [-0.3, -0.25) is 4.79 Å². The Morgan fingerprint density at radius 3 is 2.42 bits per heavy atom. The highest BCUT2D eigenvalue weighted by Crippen LogP contribution is 2.28. The van der Waals surface area contributed by atoms with E-state index in [1.165, 1.54) is 6.21 Å². The number of nitrogens with zero attached hydrogens (tertiary/aromatic N) is 1. The zero-order valence-corrected chi connectivity index (χ0v) is 14.9. The summed E-state index contributed by atoms with van der Waals surface area (Å²) in [7, 11) is 0. The molecule has 0 unspecified atom stereocenters. The van der Waals surface area contributed by atoms with Gasteiger partial charge in [0.2, 0.25) is 0 Å². The van der Waals surface area contributed by atoms with Crippen LogP contribution in [0.2, 0.25) is 0 Å². The number of anilines is 1. The number of ether oxygens (including phenoxy) is 3. The summed E-state index contributed by atoms with van der Waals surface area (Å²) in [5, 5.41) is 6.25. The van der Waals surface area contributed by atoms with Gasteiger partial charge in [-0.15, -0.1) is 0 Å². The molecule has 2 rings (SSSR count). The molecule has 0 radical (unpaired) electrons. The van der Waals surface area contributed by atoms with Gasteiger partial charge in [0.25, 0.3) is 5.91 Å². The monoisotopic (exact) mass is 357 g/mol. The van der Waals surface area contributed by atoms with Crippen molar-refractivity contribution in [3.05, 3.63) is 48.0 Å². The van der Waals surface area contributed by atoms with Gasteiger partial charge >= 0.3 is 0 Å². The summed E-state index contributed by atoms with van der Waals surface area (Å²) in [4.78, 5) is 12.1. The first-order valence-electron chi connectivity index (χ1n) is 8.31. The third-order valence-corrected chi connectivity index (χ3v) is 3.30. The molecule has 1 amide bonds. The molecule has 0 aromatic heterocycles. The van der Waals surface area contributed by atoms with E-state index in [1.54, 1.807) is 42.5 Å². The molecule has 0 heterocycles. The Morgan fingerprint density at radius 2 is 1.77 bits per heavy atom. The molecule has 0 aliphatic heterocycles. The van der Waals surface area contributed by atoms with Crippen LogP contribution in [0.15, 0.2) is 47.6 Å². The van der Waals surface area contributed by atoms with E-state index in [0.29, 0.717) is 30.4 Å². The van der Waals surface area contributed by atoms with Crippen molar-refractivity contribution in [3.63, 3.8) is 0 Å². The summed E-state index contributed by atoms with van der Waals surface area (Å²) in [6.07, 6.45) is 1.50. The van der Waals surface area contributed by atoms with Crippen LogP contribution in [-0.2, 0) is 4.79 Å². The highest BCUT2D eigenvalue weighted by atomic mass is 16.5. The van der Waals surface area contributed by atoms with E-state index in [2.05, 4.69) is 10.4 Å². The molecule has 0 spiro atoms. The zero-order chi connectivity index (χ0) is 18.8. The van der Waals surface area contributed by atoms with E-state index in [0.717, 1.165) is 11.3 Å². The van der Waals surface area contributed by atoms with E-state index < -0.39 is 0 Å². The lowest BCUT2D eigenvalue weighted by Gasteiger charge is -2.13. The average molecular weight is 357 g/mol. The third kappa shape index (κ3) is 5.70. The molecule has 138 valence electrons. The SMILES string of the molecule is CCOc1ccc(NC(=O)COc2ccc(C=NN)cc2OCC)cc1. The number of benzene rings is 2. The second kappa shape index (κ2) is 9.93. The quantitative estimate of drug-likeness (QED) is 0.409. The number of nitrogens with two attached hydrogens (primary N) is 1. The minimum Gasteiger partial charge on any atom is -0.494 e. The molecule has 7 heteroatoms. The maximum absolute atomic E-state index is 12.1. The molecule has 3 N–H and O–H groups in total. The van der Waals surface area contributed by atoms with Crippen LogP contribution in [0.1, 0.15) is 19.4 Å². The molecule has 0 saturated heterocycles. The average Bonchev–Trinajstić information content (AvgIpc) is 2.63. The maximum Gasteiger partial charge on any atom is 0.262 e. The lowest BCUT2D eigenvalue weighted by atomic mass is 10.2. The number of hydrazone groups is 1. The minimum atomic E-state index is -0.274. The summed E-state index contributed by atoms with van der Waals surface area (Å²) in [6, 6.07) is 12.4. The van der Waals surface area contributed by atoms with Crippen LogP contribution in [0.25, 0.3) is 0 Å². The molecule has 0 aliphatic carbocycles. The lowest BCUT2D eigenvalue weighted by molar-refractivity contribution is -0.118. The first kappa shape index (κ1) is 19.1. The largest absolute Gasteiger partial charge is 0.494 e. The number of rotatable bonds is 9. The Labute approximate surface area is 152 Å². The molecule has 0 atom stereocenters. The molecule has 7 nitrogen and oxygen atoms in total. The van der Waals surface area contributed by atoms with E-state index in [1.807, 2.05) is 13.8 Å². The fourth-order valence-corrected chi connectivity index (χ4v) is 2.22. The second-order valence-electron chi connectivity index (χ2n) is 5.21. The van der Waals surface area contributed by atoms with Crippen molar-refractivity contribution in [2.24, 2.45) is 10.9 Å². The van der Waals surface area contributed by atoms with Crippen LogP contribution in [0.4, 0.5) is 5.69 Å². The molecule has 2 aromatic rings. The van der Waals surface area contributed by atoms with E-state index in [9.17, 15) is 4.79 Å². The van der Waals surface area contributed by atoms with Gasteiger partial charge in [-0.25, -0.2) is 0 Å². The first-order chi connectivity index (χ1) is 12.7. The Kier molecular flexibility index (Phi) is 7.30. The zero-order valence-electron chi connectivity index (χ0n) is 14.9. The van der Waals surface area contributed by atoms with Crippen molar-refractivity contribution < 1.29 is 19.0 Å². The predicted octanol–water partition coefficient (Wildman–Crippen LogP) is 2.79. The van der Waals surface area contributed by atoms with Crippen molar-refractivity contribution >= 4 is 17.8 Å². The highest BCUT2D eigenvalue weighted by molar-refractivity contribution is 5.92. The second-order valence-corrected chi connectivity index (χ2v) is 5.21. The predicted molar refractivity (Wildman–Crippen MR) is 101 cm³/mol. The number of carbonyl (C=O) groups excluding carboxylic acids is 1. The van der Waals surface area contributed by atoms with E-state index >= 15 is 0 Å². The molecule has 0 aliphatic rings. The summed E-state index contributed by atoms with van der Waals surface area (Å²) < 4.78 is 16.5. The molecule has 26 heavy (non-hydrogen) atoms. The minimum absolute atomic E-state index is 0.141. The van der Waals surface area contributed by atoms with Crippen molar-refractivity contribution in [2.75, 3.05) is 25.1 Å². The number of hydrogen-bond acceptors (Lipinski definition) is 6. The van der Waals surface area contributed by atoms with Gasteiger partial charge in [-0.05, 0) is 61.9 Å². The van der Waals surface area contributed by atoms with Crippen LogP contribution in [-0.4, -0.2) is 31.9 Å². The van der Waals surface area contributed by atoms with Gasteiger partial charge in [0.15, 0.2) is 18.1 Å². The summed E-state index contributed by atoms with van der Waals surface area (Å²) in [6.45, 7) is 4.71. The Balaban J connectivity index is 1.95. The van der Waals surface area contributed by atoms with Gasteiger partial charge < -0.3 is 25.4 Å². The summed E-state index contributed by atoms with van der Waals surface area (Å²) in [5.41, 5.74) is 1.45. The molecule has 0 bridgehead atoms. The van der Waals surface area contributed by atoms with Crippen molar-refractivity contribution in [1.29, 1.82) is 0 Å². The number of hydrogen-bond donors (Lipinski definition) is 2. The van der Waals surface area contributed by atoms with Gasteiger partial charge in [-0.1, -0.05) is 0 Å². The van der Waals surface area contributed by atoms with Crippen LogP contribution < -0.4 is 25.4 Å². The third-order valence-electron chi connectivity index (χ3n) is 3.30. The van der Waals surface area contributed by atoms with Crippen LogP contribution in [0.3, 0.4) is 0 Å². The van der Waals surface area contributed by atoms with Crippen molar-refractivity contribution in [3.8, 4) is 17.2 Å². The highest BCUT2D eigenvalue weighted by Gasteiger charge is 2.09. The van der Waals surface area contributed by atoms with Gasteiger partial charge in [-0.2, -0.15) is 5.10 Å². The number of nitrogens with one attached hydrogen (secondary N) is 1. The van der Waals surface area contributed by atoms with Gasteiger partial charge in [0.05, 0.1) is 19.4 Å². The van der Waals surface area contributed by atoms with Crippen molar-refractivity contribution in [2.45, 2.75) is 13.8 Å². The van der Waals surface area contributed by atoms with Crippen LogP contribution >= 0.6 is 0 Å². The Hall–Kier alpha value is -3.22. The standard InChI is InChI=1S/C19H23N3O4/c1-3-24-16-8-6-15(7-9-16)22-19(23)13-26-17-10-5-14(12-21-20)11-18(17)25-4-2/h5-12H,3-4,13,20H2,1-2H3,(H,22,23). The smallest absolute Gasteiger partial charge is 0.262 e. The fraction of sp³-hybridized carbons (Fsp3) is 0.263. The molecular weight excluding hydrogens is 334 g/mol. The molecule has 0 saturated carbocycles. The molecule has 0 fully saturated rings. The fourth-order valence-electron chi connectivity index (χ4n) is 2.22. The molecule has 2 aromatic carbocycles. The van der Waals surface area contributed by atoms with Crippen LogP contribution in [0, 0.1) is 0 Å². The Bertz CT molecular complexity index is 745. The van der Waals surface area contributed by atoms with Crippen molar-refractivity contribution in [1.82, 2.24) is 0 Å². The summed E-state index contributed by atoms with van der Waals surface area (Å²) >= 11 is 0. The topological polar surface area (TPSA) is 95.2 Å². The van der Waals surface area contributed by atoms with Crippen LogP contribution in [0.5, 0.6) is 17.2 Å². The maximum atomic E-state index is 12.1. The van der Waals surface area contributed by atoms with Gasteiger partial charge in [0.1, 0.15) is 5.75 Å². The normalized spacial score (nSPS) is 10.5.